The Bertz CT molecular complexity index is 1160. The van der Waals surface area contributed by atoms with Gasteiger partial charge in [-0.1, -0.05) is 60.7 Å². The van der Waals surface area contributed by atoms with Gasteiger partial charge in [-0.3, -0.25) is 9.59 Å². The monoisotopic (exact) mass is 424 g/mol. The SMILES string of the molecule is C[C@@H](C(=O)Nc1ccc(C#N)cc1)N1C(=O)NC(c2ccccc2)(c2ccccc2)C1=O. The van der Waals surface area contributed by atoms with Crippen LogP contribution in [0.25, 0.3) is 0 Å². The number of urea groups is 1. The maximum atomic E-state index is 13.7. The minimum Gasteiger partial charge on any atom is -0.324 e. The van der Waals surface area contributed by atoms with Crippen LogP contribution in [0.1, 0.15) is 23.6 Å². The molecule has 1 heterocycles. The van der Waals surface area contributed by atoms with Crippen LogP contribution in [0.4, 0.5) is 10.5 Å². The van der Waals surface area contributed by atoms with E-state index in [-0.39, 0.29) is 0 Å². The molecule has 3 aromatic rings. The van der Waals surface area contributed by atoms with Crippen molar-refractivity contribution in [2.45, 2.75) is 18.5 Å². The van der Waals surface area contributed by atoms with E-state index in [1.54, 1.807) is 72.8 Å². The van der Waals surface area contributed by atoms with Crippen molar-refractivity contribution in [2.75, 3.05) is 5.32 Å². The van der Waals surface area contributed by atoms with Crippen molar-refractivity contribution in [1.29, 1.82) is 5.26 Å². The first-order valence-corrected chi connectivity index (χ1v) is 10.1. The van der Waals surface area contributed by atoms with Crippen LogP contribution in [-0.2, 0) is 15.1 Å². The number of benzene rings is 3. The number of hydrogen-bond donors (Lipinski definition) is 2. The van der Waals surface area contributed by atoms with Crippen molar-refractivity contribution >= 4 is 23.5 Å². The average molecular weight is 424 g/mol. The van der Waals surface area contributed by atoms with Gasteiger partial charge in [0.1, 0.15) is 6.04 Å². The zero-order valence-corrected chi connectivity index (χ0v) is 17.3. The molecule has 3 aromatic carbocycles. The van der Waals surface area contributed by atoms with Gasteiger partial charge in [-0.05, 0) is 42.3 Å². The molecule has 4 amide bonds. The van der Waals surface area contributed by atoms with Gasteiger partial charge in [0, 0.05) is 5.69 Å². The van der Waals surface area contributed by atoms with Gasteiger partial charge in [-0.15, -0.1) is 0 Å². The second-order valence-corrected chi connectivity index (χ2v) is 7.44. The molecule has 7 heteroatoms. The molecular weight excluding hydrogens is 404 g/mol. The molecule has 1 atom stereocenters. The standard InChI is InChI=1S/C25H20N4O3/c1-17(22(30)27-21-14-12-18(16-26)13-15-21)29-23(31)25(28-24(29)32,19-8-4-2-5-9-19)20-10-6-3-7-11-20/h2-15,17H,1H3,(H,27,30)(H,28,32)/t17-/m0/s1. The van der Waals surface area contributed by atoms with Crippen LogP contribution in [0, 0.1) is 11.3 Å². The van der Waals surface area contributed by atoms with E-state index in [1.165, 1.54) is 6.92 Å². The largest absolute Gasteiger partial charge is 0.326 e. The summed E-state index contributed by atoms with van der Waals surface area (Å²) in [5, 5.41) is 14.4. The van der Waals surface area contributed by atoms with Gasteiger partial charge < -0.3 is 10.6 Å². The molecule has 0 aliphatic carbocycles. The summed E-state index contributed by atoms with van der Waals surface area (Å²) < 4.78 is 0. The third-order valence-corrected chi connectivity index (χ3v) is 5.51. The van der Waals surface area contributed by atoms with Crippen molar-refractivity contribution in [3.05, 3.63) is 102 Å². The van der Waals surface area contributed by atoms with Crippen molar-refractivity contribution in [2.24, 2.45) is 0 Å². The number of amides is 4. The fourth-order valence-electron chi connectivity index (χ4n) is 3.83. The van der Waals surface area contributed by atoms with Crippen LogP contribution in [0.3, 0.4) is 0 Å². The van der Waals surface area contributed by atoms with E-state index in [1.807, 2.05) is 18.2 Å². The number of imide groups is 1. The van der Waals surface area contributed by atoms with Crippen LogP contribution in [0.5, 0.6) is 0 Å². The topological polar surface area (TPSA) is 102 Å². The molecule has 0 radical (unpaired) electrons. The highest BCUT2D eigenvalue weighted by Gasteiger charge is 2.55. The molecule has 0 saturated carbocycles. The third kappa shape index (κ3) is 3.48. The summed E-state index contributed by atoms with van der Waals surface area (Å²) in [7, 11) is 0. The Morgan fingerprint density at radius 1 is 0.938 bits per heavy atom. The van der Waals surface area contributed by atoms with Crippen LogP contribution in [0.2, 0.25) is 0 Å². The molecule has 0 unspecified atom stereocenters. The van der Waals surface area contributed by atoms with Crippen LogP contribution in [-0.4, -0.2) is 28.8 Å². The molecule has 0 aromatic heterocycles. The molecule has 2 N–H and O–H groups in total. The lowest BCUT2D eigenvalue weighted by Crippen LogP contribution is -2.48. The van der Waals surface area contributed by atoms with E-state index in [9.17, 15) is 14.4 Å². The maximum Gasteiger partial charge on any atom is 0.326 e. The Labute approximate surface area is 185 Å². The lowest BCUT2D eigenvalue weighted by Gasteiger charge is -2.29. The first kappa shape index (κ1) is 20.8. The van der Waals surface area contributed by atoms with Gasteiger partial charge in [-0.25, -0.2) is 9.69 Å². The predicted octanol–water partition coefficient (Wildman–Crippen LogP) is 3.38. The lowest BCUT2D eigenvalue weighted by molar-refractivity contribution is -0.135. The summed E-state index contributed by atoms with van der Waals surface area (Å²) >= 11 is 0. The normalized spacial score (nSPS) is 15.6. The zero-order valence-electron chi connectivity index (χ0n) is 17.3. The Balaban J connectivity index is 1.67. The number of carbonyl (C=O) groups excluding carboxylic acids is 3. The summed E-state index contributed by atoms with van der Waals surface area (Å²) in [6.07, 6.45) is 0. The maximum absolute atomic E-state index is 13.7. The average Bonchev–Trinajstić information content (AvgIpc) is 3.11. The number of nitriles is 1. The predicted molar refractivity (Wildman–Crippen MR) is 118 cm³/mol. The Morgan fingerprint density at radius 2 is 1.47 bits per heavy atom. The second kappa shape index (κ2) is 8.36. The fraction of sp³-hybridized carbons (Fsp3) is 0.120. The van der Waals surface area contributed by atoms with E-state index in [2.05, 4.69) is 10.6 Å². The summed E-state index contributed by atoms with van der Waals surface area (Å²) in [6.45, 7) is 1.50. The molecule has 32 heavy (non-hydrogen) atoms. The van der Waals surface area contributed by atoms with Crippen LogP contribution >= 0.6 is 0 Å². The van der Waals surface area contributed by atoms with E-state index < -0.39 is 29.4 Å². The van der Waals surface area contributed by atoms with Gasteiger partial charge in [0.2, 0.25) is 5.91 Å². The number of nitrogens with one attached hydrogen (secondary N) is 2. The van der Waals surface area contributed by atoms with Crippen LogP contribution < -0.4 is 10.6 Å². The third-order valence-electron chi connectivity index (χ3n) is 5.51. The Morgan fingerprint density at radius 3 is 1.97 bits per heavy atom. The van der Waals surface area contributed by atoms with Gasteiger partial charge in [-0.2, -0.15) is 5.26 Å². The minimum atomic E-state index is -1.43. The van der Waals surface area contributed by atoms with Gasteiger partial charge in [0.25, 0.3) is 5.91 Å². The van der Waals surface area contributed by atoms with Gasteiger partial charge >= 0.3 is 6.03 Å². The molecule has 4 rings (SSSR count). The number of nitrogens with zero attached hydrogens (tertiary/aromatic N) is 2. The second-order valence-electron chi connectivity index (χ2n) is 7.44. The number of carbonyl (C=O) groups is 3. The van der Waals surface area contributed by atoms with Crippen LogP contribution in [0.15, 0.2) is 84.9 Å². The lowest BCUT2D eigenvalue weighted by atomic mass is 9.82. The van der Waals surface area contributed by atoms with E-state index in [0.29, 0.717) is 22.4 Å². The van der Waals surface area contributed by atoms with Crippen molar-refractivity contribution in [3.8, 4) is 6.07 Å². The molecule has 0 spiro atoms. The van der Waals surface area contributed by atoms with E-state index in [4.69, 9.17) is 5.26 Å². The molecule has 1 aliphatic rings. The molecule has 1 fully saturated rings. The zero-order chi connectivity index (χ0) is 22.7. The van der Waals surface area contributed by atoms with Crippen molar-refractivity contribution < 1.29 is 14.4 Å². The number of hydrogen-bond acceptors (Lipinski definition) is 4. The summed E-state index contributed by atoms with van der Waals surface area (Å²) in [6, 6.07) is 24.6. The Kier molecular flexibility index (Phi) is 5.44. The van der Waals surface area contributed by atoms with Gasteiger partial charge in [0.05, 0.1) is 11.6 Å². The van der Waals surface area contributed by atoms with Crippen molar-refractivity contribution in [1.82, 2.24) is 10.2 Å². The Hall–Kier alpha value is -4.44. The first-order chi connectivity index (χ1) is 15.5. The van der Waals surface area contributed by atoms with E-state index >= 15 is 0 Å². The first-order valence-electron chi connectivity index (χ1n) is 10.1. The summed E-state index contributed by atoms with van der Waals surface area (Å²) in [4.78, 5) is 40.6. The molecule has 158 valence electrons. The van der Waals surface area contributed by atoms with Crippen molar-refractivity contribution in [3.63, 3.8) is 0 Å². The number of rotatable bonds is 5. The fourth-order valence-corrected chi connectivity index (χ4v) is 3.83. The highest BCUT2D eigenvalue weighted by Crippen LogP contribution is 2.36. The quantitative estimate of drug-likeness (QED) is 0.613. The summed E-state index contributed by atoms with van der Waals surface area (Å²) in [5.41, 5.74) is 0.701. The molecule has 0 bridgehead atoms. The smallest absolute Gasteiger partial charge is 0.324 e. The summed E-state index contributed by atoms with van der Waals surface area (Å²) in [5.74, 6) is -1.04. The molecule has 7 nitrogen and oxygen atoms in total. The minimum absolute atomic E-state index is 0.459. The molecular formula is C25H20N4O3. The van der Waals surface area contributed by atoms with E-state index in [0.717, 1.165) is 4.90 Å². The molecule has 1 aliphatic heterocycles. The highest BCUT2D eigenvalue weighted by molar-refractivity contribution is 6.13. The van der Waals surface area contributed by atoms with Gasteiger partial charge in [0.15, 0.2) is 5.54 Å². The highest BCUT2D eigenvalue weighted by atomic mass is 16.2. The number of anilines is 1. The molecule has 1 saturated heterocycles.